The number of carbonyl (C=O) groups excluding carboxylic acids is 1. The Balaban J connectivity index is 1.87. The number of nitrogens with one attached hydrogen (secondary N) is 1. The molecule has 8 nitrogen and oxygen atoms in total. The average Bonchev–Trinajstić information content (AvgIpc) is 3.22. The highest BCUT2D eigenvalue weighted by atomic mass is 16.4. The van der Waals surface area contributed by atoms with Gasteiger partial charge < -0.3 is 14.1 Å². The zero-order chi connectivity index (χ0) is 18.5. The number of carboxylic acid groups (broad SMARTS) is 1. The maximum absolute atomic E-state index is 11.3. The predicted octanol–water partition coefficient (Wildman–Crippen LogP) is 2.34. The molecule has 0 aliphatic heterocycles. The number of carbonyl (C=O) groups is 2. The van der Waals surface area contributed by atoms with Gasteiger partial charge >= 0.3 is 5.97 Å². The van der Waals surface area contributed by atoms with Crippen molar-refractivity contribution >= 4 is 29.0 Å². The SMILES string of the molecule is N#CCC(=O)NN=Cc1cn(Cc2ccc(C(=O)O)o2)c2ccccc12. The molecule has 130 valence electrons. The van der Waals surface area contributed by atoms with Gasteiger partial charge in [-0.2, -0.15) is 10.4 Å². The summed E-state index contributed by atoms with van der Waals surface area (Å²) in [4.78, 5) is 22.2. The van der Waals surface area contributed by atoms with Crippen molar-refractivity contribution < 1.29 is 19.1 Å². The molecule has 0 saturated heterocycles. The maximum Gasteiger partial charge on any atom is 0.371 e. The first kappa shape index (κ1) is 17.0. The van der Waals surface area contributed by atoms with Gasteiger partial charge in [0.15, 0.2) is 0 Å². The summed E-state index contributed by atoms with van der Waals surface area (Å²) in [5.41, 5.74) is 3.96. The number of benzene rings is 1. The molecule has 8 heteroatoms. The molecule has 26 heavy (non-hydrogen) atoms. The first-order valence-electron chi connectivity index (χ1n) is 7.67. The number of hydrogen-bond acceptors (Lipinski definition) is 5. The molecule has 0 unspecified atom stereocenters. The van der Waals surface area contributed by atoms with Crippen LogP contribution in [-0.4, -0.2) is 27.8 Å². The molecule has 0 fully saturated rings. The van der Waals surface area contributed by atoms with Gasteiger partial charge in [0.05, 0.1) is 18.8 Å². The minimum absolute atomic E-state index is 0.113. The van der Waals surface area contributed by atoms with Crippen molar-refractivity contribution in [3.63, 3.8) is 0 Å². The average molecular weight is 350 g/mol. The van der Waals surface area contributed by atoms with Gasteiger partial charge in [-0.05, 0) is 18.2 Å². The van der Waals surface area contributed by atoms with Gasteiger partial charge in [-0.25, -0.2) is 10.2 Å². The Morgan fingerprint density at radius 3 is 2.85 bits per heavy atom. The van der Waals surface area contributed by atoms with Gasteiger partial charge in [-0.3, -0.25) is 4.79 Å². The Labute approximate surface area is 147 Å². The summed E-state index contributed by atoms with van der Waals surface area (Å²) in [6, 6.07) is 12.4. The third kappa shape index (κ3) is 3.62. The van der Waals surface area contributed by atoms with Crippen LogP contribution in [-0.2, 0) is 11.3 Å². The Bertz CT molecular complexity index is 1040. The molecule has 1 aromatic carbocycles. The fraction of sp³-hybridized carbons (Fsp3) is 0.111. The highest BCUT2D eigenvalue weighted by molar-refractivity contribution is 5.99. The lowest BCUT2D eigenvalue weighted by molar-refractivity contribution is -0.120. The molecule has 2 N–H and O–H groups in total. The fourth-order valence-electron chi connectivity index (χ4n) is 2.54. The van der Waals surface area contributed by atoms with Gasteiger partial charge in [0.2, 0.25) is 5.76 Å². The Morgan fingerprint density at radius 1 is 1.31 bits per heavy atom. The van der Waals surface area contributed by atoms with Crippen LogP contribution in [0, 0.1) is 11.3 Å². The summed E-state index contributed by atoms with van der Waals surface area (Å²) in [5, 5.41) is 22.2. The Morgan fingerprint density at radius 2 is 2.12 bits per heavy atom. The van der Waals surface area contributed by atoms with Crippen LogP contribution in [0.2, 0.25) is 0 Å². The van der Waals surface area contributed by atoms with Crippen LogP contribution < -0.4 is 5.43 Å². The lowest BCUT2D eigenvalue weighted by atomic mass is 10.2. The summed E-state index contributed by atoms with van der Waals surface area (Å²) >= 11 is 0. The number of aromatic nitrogens is 1. The van der Waals surface area contributed by atoms with Gasteiger partial charge in [0, 0.05) is 22.7 Å². The second-order valence-electron chi connectivity index (χ2n) is 5.43. The molecule has 3 aromatic rings. The van der Waals surface area contributed by atoms with Crippen molar-refractivity contribution in [3.8, 4) is 6.07 Å². The van der Waals surface area contributed by atoms with Crippen molar-refractivity contribution in [1.29, 1.82) is 5.26 Å². The summed E-state index contributed by atoms with van der Waals surface area (Å²) < 4.78 is 7.21. The Hall–Kier alpha value is -3.86. The van der Waals surface area contributed by atoms with Crippen LogP contribution in [0.3, 0.4) is 0 Å². The molecule has 0 bridgehead atoms. The molecule has 0 atom stereocenters. The molecular weight excluding hydrogens is 336 g/mol. The van der Waals surface area contributed by atoms with Crippen LogP contribution >= 0.6 is 0 Å². The number of fused-ring (bicyclic) bond motifs is 1. The van der Waals surface area contributed by atoms with Crippen molar-refractivity contribution in [1.82, 2.24) is 9.99 Å². The topological polar surface area (TPSA) is 121 Å². The highest BCUT2D eigenvalue weighted by Gasteiger charge is 2.12. The molecule has 2 aromatic heterocycles. The van der Waals surface area contributed by atoms with E-state index in [-0.39, 0.29) is 12.2 Å². The second-order valence-corrected chi connectivity index (χ2v) is 5.43. The number of rotatable bonds is 6. The largest absolute Gasteiger partial charge is 0.475 e. The van der Waals surface area contributed by atoms with E-state index in [9.17, 15) is 9.59 Å². The van der Waals surface area contributed by atoms with E-state index in [1.54, 1.807) is 12.1 Å². The number of carboxylic acids is 1. The molecule has 3 rings (SSSR count). The number of aromatic carboxylic acids is 1. The van der Waals surface area contributed by atoms with Crippen molar-refractivity contribution in [3.05, 3.63) is 59.7 Å². The second kappa shape index (κ2) is 7.36. The Kier molecular flexibility index (Phi) is 4.80. The third-order valence-electron chi connectivity index (χ3n) is 3.65. The number of amides is 1. The summed E-state index contributed by atoms with van der Waals surface area (Å²) in [5.74, 6) is -1.20. The summed E-state index contributed by atoms with van der Waals surface area (Å²) in [6.45, 7) is 0.350. The summed E-state index contributed by atoms with van der Waals surface area (Å²) in [6.07, 6.45) is 3.07. The van der Waals surface area contributed by atoms with Crippen LogP contribution in [0.25, 0.3) is 10.9 Å². The molecule has 0 radical (unpaired) electrons. The number of para-hydroxylation sites is 1. The lowest BCUT2D eigenvalue weighted by Crippen LogP contribution is -2.16. The quantitative estimate of drug-likeness (QED) is 0.522. The van der Waals surface area contributed by atoms with E-state index >= 15 is 0 Å². The first-order chi connectivity index (χ1) is 12.6. The molecular formula is C18H14N4O4. The highest BCUT2D eigenvalue weighted by Crippen LogP contribution is 2.22. The van der Waals surface area contributed by atoms with Crippen LogP contribution in [0.4, 0.5) is 0 Å². The van der Waals surface area contributed by atoms with Gasteiger partial charge in [-0.1, -0.05) is 18.2 Å². The lowest BCUT2D eigenvalue weighted by Gasteiger charge is -2.02. The number of nitrogens with zero attached hydrogens (tertiary/aromatic N) is 3. The number of furan rings is 1. The number of hydrazone groups is 1. The number of nitriles is 1. The normalized spacial score (nSPS) is 10.9. The van der Waals surface area contributed by atoms with Crippen molar-refractivity contribution in [2.75, 3.05) is 0 Å². The monoisotopic (exact) mass is 350 g/mol. The van der Waals surface area contributed by atoms with Crippen LogP contribution in [0.5, 0.6) is 0 Å². The van der Waals surface area contributed by atoms with E-state index in [2.05, 4.69) is 10.5 Å². The molecule has 0 spiro atoms. The van der Waals surface area contributed by atoms with Crippen molar-refractivity contribution in [2.45, 2.75) is 13.0 Å². The predicted molar refractivity (Wildman–Crippen MR) is 92.7 cm³/mol. The molecule has 0 aliphatic carbocycles. The first-order valence-corrected chi connectivity index (χ1v) is 7.67. The minimum atomic E-state index is -1.12. The van der Waals surface area contributed by atoms with Crippen molar-refractivity contribution in [2.24, 2.45) is 5.10 Å². The molecule has 1 amide bonds. The van der Waals surface area contributed by atoms with Gasteiger partial charge in [0.1, 0.15) is 12.2 Å². The van der Waals surface area contributed by atoms with Crippen LogP contribution in [0.15, 0.2) is 52.1 Å². The minimum Gasteiger partial charge on any atom is -0.475 e. The van der Waals surface area contributed by atoms with E-state index in [1.807, 2.05) is 35.0 Å². The molecule has 0 saturated carbocycles. The van der Waals surface area contributed by atoms with Crippen LogP contribution in [0.1, 0.15) is 28.3 Å². The van der Waals surface area contributed by atoms with E-state index < -0.39 is 11.9 Å². The zero-order valence-electron chi connectivity index (χ0n) is 13.5. The smallest absolute Gasteiger partial charge is 0.371 e. The summed E-state index contributed by atoms with van der Waals surface area (Å²) in [7, 11) is 0. The van der Waals surface area contributed by atoms with E-state index in [4.69, 9.17) is 14.8 Å². The number of hydrogen-bond donors (Lipinski definition) is 2. The molecule has 0 aliphatic rings. The van der Waals surface area contributed by atoms with E-state index in [0.29, 0.717) is 12.3 Å². The van der Waals surface area contributed by atoms with E-state index in [0.717, 1.165) is 16.5 Å². The van der Waals surface area contributed by atoms with Gasteiger partial charge in [-0.15, -0.1) is 0 Å². The maximum atomic E-state index is 11.3. The van der Waals surface area contributed by atoms with Gasteiger partial charge in [0.25, 0.3) is 5.91 Å². The standard InChI is InChI=1S/C18H14N4O4/c19-8-7-17(23)21-20-9-12-10-22(15-4-2-1-3-14(12)15)11-13-5-6-16(26-13)18(24)25/h1-6,9-10H,7,11H2,(H,21,23)(H,24,25). The fourth-order valence-corrected chi connectivity index (χ4v) is 2.54. The molecule has 2 heterocycles. The third-order valence-corrected chi connectivity index (χ3v) is 3.65. The van der Waals surface area contributed by atoms with E-state index in [1.165, 1.54) is 12.3 Å². The zero-order valence-corrected chi connectivity index (χ0v) is 13.5.